The third kappa shape index (κ3) is 1.91. The second-order valence-electron chi connectivity index (χ2n) is 5.86. The van der Waals surface area contributed by atoms with E-state index in [0.717, 1.165) is 6.54 Å². The molecule has 0 saturated carbocycles. The number of ether oxygens (including phenoxy) is 1. The molecule has 2 aliphatic heterocycles. The minimum atomic E-state index is 0. The Balaban J connectivity index is 0.00000110. The summed E-state index contributed by atoms with van der Waals surface area (Å²) >= 11 is 0. The van der Waals surface area contributed by atoms with Crippen LogP contribution in [0.15, 0.2) is 35.3 Å². The van der Waals surface area contributed by atoms with Crippen molar-refractivity contribution >= 4 is 12.4 Å². The van der Waals surface area contributed by atoms with Crippen LogP contribution in [0.3, 0.4) is 0 Å². The first kappa shape index (κ1) is 13.1. The van der Waals surface area contributed by atoms with Crippen molar-refractivity contribution in [3.8, 4) is 0 Å². The fourth-order valence-corrected chi connectivity index (χ4v) is 4.03. The van der Waals surface area contributed by atoms with Gasteiger partial charge in [-0.2, -0.15) is 0 Å². The lowest BCUT2D eigenvalue weighted by Crippen LogP contribution is -2.43. The van der Waals surface area contributed by atoms with Gasteiger partial charge in [-0.1, -0.05) is 11.6 Å². The maximum Gasteiger partial charge on any atom is 0.143 e. The molecule has 0 aromatic rings. The largest absolute Gasteiger partial charge is 0.490 e. The van der Waals surface area contributed by atoms with E-state index < -0.39 is 0 Å². The van der Waals surface area contributed by atoms with E-state index in [9.17, 15) is 0 Å². The number of nitrogens with one attached hydrogen (secondary N) is 1. The van der Waals surface area contributed by atoms with Crippen molar-refractivity contribution in [1.82, 2.24) is 10.2 Å². The smallest absolute Gasteiger partial charge is 0.143 e. The van der Waals surface area contributed by atoms with Crippen molar-refractivity contribution in [2.75, 3.05) is 13.6 Å². The predicted molar refractivity (Wildman–Crippen MR) is 78.2 cm³/mol. The number of nitrogens with zero attached hydrogens (tertiary/aromatic N) is 1. The molecule has 0 saturated heterocycles. The average molecular weight is 281 g/mol. The molecule has 2 heterocycles. The van der Waals surface area contributed by atoms with Gasteiger partial charge in [-0.15, -0.1) is 12.4 Å². The molecule has 4 aliphatic rings. The number of rotatable bonds is 0. The van der Waals surface area contributed by atoms with Crippen LogP contribution in [-0.2, 0) is 4.74 Å². The molecule has 0 fully saturated rings. The molecule has 1 N–H and O–H groups in total. The molecule has 4 heteroatoms. The molecule has 2 aliphatic carbocycles. The highest BCUT2D eigenvalue weighted by molar-refractivity contribution is 5.85. The summed E-state index contributed by atoms with van der Waals surface area (Å²) in [7, 11) is 2.26. The number of likely N-dealkylation sites (N-methyl/N-ethyl adjacent to an activating group) is 1. The maximum absolute atomic E-state index is 5.93. The molecular formula is C15H21ClN2O. The van der Waals surface area contributed by atoms with Gasteiger partial charge in [-0.05, 0) is 43.9 Å². The maximum atomic E-state index is 5.93. The third-order valence-corrected chi connectivity index (χ3v) is 4.83. The molecular weight excluding hydrogens is 260 g/mol. The lowest BCUT2D eigenvalue weighted by atomic mass is 9.84. The molecule has 104 valence electrons. The molecule has 0 aromatic heterocycles. The normalized spacial score (nSPS) is 36.3. The minimum Gasteiger partial charge on any atom is -0.490 e. The summed E-state index contributed by atoms with van der Waals surface area (Å²) in [5.41, 5.74) is 4.76. The molecule has 3 nitrogen and oxygen atoms in total. The first-order valence-electron chi connectivity index (χ1n) is 7.03. The Kier molecular flexibility index (Phi) is 3.35. The highest BCUT2D eigenvalue weighted by atomic mass is 35.5. The highest BCUT2D eigenvalue weighted by Crippen LogP contribution is 2.43. The van der Waals surface area contributed by atoms with Crippen molar-refractivity contribution in [3.63, 3.8) is 0 Å². The quantitative estimate of drug-likeness (QED) is 0.737. The first-order chi connectivity index (χ1) is 8.84. The van der Waals surface area contributed by atoms with Crippen LogP contribution in [0.1, 0.15) is 25.7 Å². The molecule has 0 spiro atoms. The number of hydrogen-bond donors (Lipinski definition) is 1. The van der Waals surface area contributed by atoms with Gasteiger partial charge in [0.2, 0.25) is 0 Å². The second kappa shape index (κ2) is 4.88. The molecule has 0 radical (unpaired) electrons. The van der Waals surface area contributed by atoms with E-state index in [2.05, 4.69) is 23.3 Å². The van der Waals surface area contributed by atoms with Crippen molar-refractivity contribution in [1.29, 1.82) is 0 Å². The van der Waals surface area contributed by atoms with Gasteiger partial charge in [0.15, 0.2) is 0 Å². The Bertz CT molecular complexity index is 469. The monoisotopic (exact) mass is 280 g/mol. The van der Waals surface area contributed by atoms with E-state index in [1.807, 2.05) is 12.5 Å². The Hall–Kier alpha value is -0.930. The van der Waals surface area contributed by atoms with Crippen molar-refractivity contribution in [3.05, 3.63) is 35.3 Å². The summed E-state index contributed by atoms with van der Waals surface area (Å²) in [6.07, 6.45) is 11.3. The van der Waals surface area contributed by atoms with Crippen LogP contribution in [0, 0.1) is 0 Å². The summed E-state index contributed by atoms with van der Waals surface area (Å²) in [5, 5.41) is 3.48. The zero-order valence-corrected chi connectivity index (χ0v) is 12.1. The van der Waals surface area contributed by atoms with Gasteiger partial charge in [-0.25, -0.2) is 0 Å². The first-order valence-corrected chi connectivity index (χ1v) is 7.03. The second-order valence-corrected chi connectivity index (χ2v) is 5.86. The summed E-state index contributed by atoms with van der Waals surface area (Å²) in [6, 6.07) is 1.10. The Morgan fingerprint density at radius 2 is 2.26 bits per heavy atom. The van der Waals surface area contributed by atoms with Gasteiger partial charge < -0.3 is 10.1 Å². The summed E-state index contributed by atoms with van der Waals surface area (Å²) in [4.78, 5) is 2.52. The van der Waals surface area contributed by atoms with Gasteiger partial charge in [-0.3, -0.25) is 4.90 Å². The number of allylic oxidation sites excluding steroid dienone is 1. The zero-order valence-electron chi connectivity index (χ0n) is 11.3. The van der Waals surface area contributed by atoms with E-state index in [-0.39, 0.29) is 18.5 Å². The van der Waals surface area contributed by atoms with E-state index in [0.29, 0.717) is 12.1 Å². The predicted octanol–water partition coefficient (Wildman–Crippen LogP) is 2.36. The Morgan fingerprint density at radius 3 is 3.16 bits per heavy atom. The van der Waals surface area contributed by atoms with Gasteiger partial charge in [0.05, 0.1) is 12.3 Å². The van der Waals surface area contributed by atoms with Crippen LogP contribution in [0.4, 0.5) is 0 Å². The van der Waals surface area contributed by atoms with Gasteiger partial charge >= 0.3 is 0 Å². The van der Waals surface area contributed by atoms with Gasteiger partial charge in [0.1, 0.15) is 6.10 Å². The Labute approximate surface area is 120 Å². The molecule has 0 bridgehead atoms. The standard InChI is InChI=1S/C15H20N2O.ClH/c1-17-9-10-5-6-12-15(18-8-7-16-12)11-3-2-4-13(17)14(10)11;/h3,7-8,12-13,15-16H,2,4-6,9H2,1H3;1H. The molecule has 3 atom stereocenters. The molecule has 19 heavy (non-hydrogen) atoms. The highest BCUT2D eigenvalue weighted by Gasteiger charge is 2.41. The SMILES string of the molecule is CN1CC2=C3C(=CCCC31)C1OC=CNC1CC2.Cl. The van der Waals surface area contributed by atoms with Crippen LogP contribution in [0.25, 0.3) is 0 Å². The van der Waals surface area contributed by atoms with Crippen LogP contribution >= 0.6 is 12.4 Å². The summed E-state index contributed by atoms with van der Waals surface area (Å²) in [5.74, 6) is 0. The number of halogens is 1. The molecule has 3 unspecified atom stereocenters. The van der Waals surface area contributed by atoms with E-state index >= 15 is 0 Å². The van der Waals surface area contributed by atoms with Gasteiger partial charge in [0.25, 0.3) is 0 Å². The zero-order chi connectivity index (χ0) is 12.1. The molecule has 0 amide bonds. The fourth-order valence-electron chi connectivity index (χ4n) is 4.03. The minimum absolute atomic E-state index is 0. The molecule has 0 aromatic carbocycles. The number of hydrogen-bond acceptors (Lipinski definition) is 3. The average Bonchev–Trinajstić information content (AvgIpc) is 2.64. The van der Waals surface area contributed by atoms with Crippen LogP contribution < -0.4 is 5.32 Å². The van der Waals surface area contributed by atoms with Crippen LogP contribution in [0.2, 0.25) is 0 Å². The Morgan fingerprint density at radius 1 is 1.37 bits per heavy atom. The van der Waals surface area contributed by atoms with Crippen LogP contribution in [-0.4, -0.2) is 36.7 Å². The van der Waals surface area contributed by atoms with E-state index in [1.54, 1.807) is 11.1 Å². The van der Waals surface area contributed by atoms with Crippen molar-refractivity contribution < 1.29 is 4.74 Å². The topological polar surface area (TPSA) is 24.5 Å². The van der Waals surface area contributed by atoms with Crippen molar-refractivity contribution in [2.45, 2.75) is 43.9 Å². The lowest BCUT2D eigenvalue weighted by Gasteiger charge is -2.35. The fraction of sp³-hybridized carbons (Fsp3) is 0.600. The summed E-state index contributed by atoms with van der Waals surface area (Å²) in [6.45, 7) is 1.16. The number of fused-ring (bicyclic) bond motifs is 2. The van der Waals surface area contributed by atoms with Gasteiger partial charge in [0, 0.05) is 18.8 Å². The van der Waals surface area contributed by atoms with E-state index in [1.165, 1.54) is 31.3 Å². The van der Waals surface area contributed by atoms with Crippen molar-refractivity contribution in [2.24, 2.45) is 0 Å². The molecule has 4 rings (SSSR count). The van der Waals surface area contributed by atoms with E-state index in [4.69, 9.17) is 4.74 Å². The third-order valence-electron chi connectivity index (χ3n) is 4.83. The lowest BCUT2D eigenvalue weighted by molar-refractivity contribution is 0.118. The summed E-state index contributed by atoms with van der Waals surface area (Å²) < 4.78 is 5.93. The van der Waals surface area contributed by atoms with Crippen LogP contribution in [0.5, 0.6) is 0 Å².